The molecule has 0 saturated carbocycles. The first-order valence-corrected chi connectivity index (χ1v) is 6.69. The third-order valence-electron chi connectivity index (χ3n) is 3.52. The minimum atomic E-state index is -0.812. The van der Waals surface area contributed by atoms with Crippen LogP contribution in [0.15, 0.2) is 40.7 Å². The van der Waals surface area contributed by atoms with Gasteiger partial charge >= 0.3 is 0 Å². The number of nitrogens with zero attached hydrogens (tertiary/aromatic N) is 2. The minimum absolute atomic E-state index is 0.115. The van der Waals surface area contributed by atoms with Gasteiger partial charge in [0.15, 0.2) is 6.10 Å². The molecule has 1 heterocycles. The molecule has 8 nitrogen and oxygen atoms in total. The Labute approximate surface area is 131 Å². The van der Waals surface area contributed by atoms with E-state index in [4.69, 9.17) is 9.47 Å². The van der Waals surface area contributed by atoms with Gasteiger partial charge in [-0.2, -0.15) is 0 Å². The third kappa shape index (κ3) is 3.25. The standard InChI is InChI=1S/C15H14N2O6/c1-9-14(22-7-18)13(15(23-8-19)10(2)16-9)11-4-3-5-12(6-11)17(20)21/h3-8,13-14H,1-2H3. The van der Waals surface area contributed by atoms with E-state index in [-0.39, 0.29) is 24.4 Å². The van der Waals surface area contributed by atoms with Crippen LogP contribution in [0, 0.1) is 10.1 Å². The molecule has 1 aromatic rings. The lowest BCUT2D eigenvalue weighted by Gasteiger charge is -2.30. The molecular weight excluding hydrogens is 304 g/mol. The van der Waals surface area contributed by atoms with Crippen molar-refractivity contribution < 1.29 is 24.0 Å². The van der Waals surface area contributed by atoms with E-state index >= 15 is 0 Å². The molecule has 0 fully saturated rings. The topological polar surface area (TPSA) is 108 Å². The molecule has 0 aliphatic carbocycles. The minimum Gasteiger partial charge on any atom is -0.457 e. The Morgan fingerprint density at radius 2 is 2.00 bits per heavy atom. The van der Waals surface area contributed by atoms with Crippen LogP contribution in [0.3, 0.4) is 0 Å². The number of benzene rings is 1. The van der Waals surface area contributed by atoms with E-state index in [1.807, 2.05) is 0 Å². The number of nitro benzene ring substituents is 1. The Kier molecular flexibility index (Phi) is 4.85. The average Bonchev–Trinajstić information content (AvgIpc) is 2.52. The van der Waals surface area contributed by atoms with Gasteiger partial charge in [-0.15, -0.1) is 0 Å². The van der Waals surface area contributed by atoms with Crippen LogP contribution in [0.5, 0.6) is 0 Å². The van der Waals surface area contributed by atoms with Gasteiger partial charge in [0, 0.05) is 12.1 Å². The van der Waals surface area contributed by atoms with Gasteiger partial charge < -0.3 is 9.47 Å². The summed E-state index contributed by atoms with van der Waals surface area (Å²) in [5, 5.41) is 11.0. The Morgan fingerprint density at radius 1 is 1.26 bits per heavy atom. The monoisotopic (exact) mass is 318 g/mol. The number of nitro groups is 1. The first-order valence-electron chi connectivity index (χ1n) is 6.69. The SMILES string of the molecule is CC1=NC(C)=C(OC=O)C(c2cccc([N+](=O)[O-])c2)C1OC=O. The molecule has 0 radical (unpaired) electrons. The molecule has 0 amide bonds. The fourth-order valence-corrected chi connectivity index (χ4v) is 2.59. The zero-order valence-corrected chi connectivity index (χ0v) is 12.5. The predicted octanol–water partition coefficient (Wildman–Crippen LogP) is 2.10. The van der Waals surface area contributed by atoms with E-state index in [9.17, 15) is 19.7 Å². The molecule has 1 aliphatic rings. The van der Waals surface area contributed by atoms with E-state index in [2.05, 4.69) is 4.99 Å². The van der Waals surface area contributed by atoms with Crippen molar-refractivity contribution in [1.82, 2.24) is 0 Å². The van der Waals surface area contributed by atoms with Gasteiger partial charge in [0.1, 0.15) is 5.76 Å². The highest BCUT2D eigenvalue weighted by Gasteiger charge is 2.37. The highest BCUT2D eigenvalue weighted by atomic mass is 16.6. The maximum absolute atomic E-state index is 11.0. The van der Waals surface area contributed by atoms with Crippen molar-refractivity contribution in [2.24, 2.45) is 4.99 Å². The van der Waals surface area contributed by atoms with Gasteiger partial charge in [-0.1, -0.05) is 12.1 Å². The van der Waals surface area contributed by atoms with E-state index in [0.717, 1.165) is 0 Å². The van der Waals surface area contributed by atoms with Crippen LogP contribution in [-0.2, 0) is 19.1 Å². The van der Waals surface area contributed by atoms with Crippen molar-refractivity contribution in [3.63, 3.8) is 0 Å². The number of rotatable bonds is 6. The van der Waals surface area contributed by atoms with Gasteiger partial charge in [0.05, 0.1) is 22.2 Å². The molecule has 2 atom stereocenters. The molecule has 0 bridgehead atoms. The number of carbonyl (C=O) groups excluding carboxylic acids is 2. The predicted molar refractivity (Wildman–Crippen MR) is 79.7 cm³/mol. The van der Waals surface area contributed by atoms with E-state index in [0.29, 0.717) is 17.0 Å². The van der Waals surface area contributed by atoms with Crippen LogP contribution >= 0.6 is 0 Å². The smallest absolute Gasteiger partial charge is 0.298 e. The van der Waals surface area contributed by atoms with Crippen LogP contribution in [0.2, 0.25) is 0 Å². The summed E-state index contributed by atoms with van der Waals surface area (Å²) in [5.41, 5.74) is 1.31. The van der Waals surface area contributed by atoms with Gasteiger partial charge in [0.25, 0.3) is 18.6 Å². The summed E-state index contributed by atoms with van der Waals surface area (Å²) in [4.78, 5) is 36.3. The summed E-state index contributed by atoms with van der Waals surface area (Å²) in [6, 6.07) is 5.85. The normalized spacial score (nSPS) is 20.5. The first-order chi connectivity index (χ1) is 11.0. The molecule has 0 N–H and O–H groups in total. The second-order valence-electron chi connectivity index (χ2n) is 4.90. The number of hydrogen-bond donors (Lipinski definition) is 0. The fraction of sp³-hybridized carbons (Fsp3) is 0.267. The maximum Gasteiger partial charge on any atom is 0.298 e. The van der Waals surface area contributed by atoms with Crippen molar-refractivity contribution in [3.8, 4) is 0 Å². The quantitative estimate of drug-likeness (QED) is 0.451. The lowest BCUT2D eigenvalue weighted by molar-refractivity contribution is -0.384. The van der Waals surface area contributed by atoms with Crippen molar-refractivity contribution in [2.75, 3.05) is 0 Å². The van der Waals surface area contributed by atoms with Gasteiger partial charge in [-0.25, -0.2) is 0 Å². The second-order valence-corrected chi connectivity index (χ2v) is 4.90. The number of aliphatic imine (C=N–C) groups is 1. The van der Waals surface area contributed by atoms with Gasteiger partial charge in [-0.3, -0.25) is 24.7 Å². The van der Waals surface area contributed by atoms with E-state index < -0.39 is 16.9 Å². The summed E-state index contributed by atoms with van der Waals surface area (Å²) in [6.07, 6.45) is -0.812. The molecule has 0 saturated heterocycles. The number of hydrogen-bond acceptors (Lipinski definition) is 7. The van der Waals surface area contributed by atoms with Crippen LogP contribution in [0.25, 0.3) is 0 Å². The van der Waals surface area contributed by atoms with Crippen LogP contribution in [-0.4, -0.2) is 29.7 Å². The molecule has 1 aliphatic heterocycles. The molecule has 2 rings (SSSR count). The zero-order valence-electron chi connectivity index (χ0n) is 12.5. The van der Waals surface area contributed by atoms with Crippen LogP contribution < -0.4 is 0 Å². The summed E-state index contributed by atoms with van der Waals surface area (Å²) >= 11 is 0. The maximum atomic E-state index is 11.0. The lowest BCUT2D eigenvalue weighted by Crippen LogP contribution is -2.34. The largest absolute Gasteiger partial charge is 0.457 e. The summed E-state index contributed by atoms with van der Waals surface area (Å²) in [7, 11) is 0. The highest BCUT2D eigenvalue weighted by Crippen LogP contribution is 2.37. The van der Waals surface area contributed by atoms with Gasteiger partial charge in [-0.05, 0) is 19.4 Å². The van der Waals surface area contributed by atoms with Crippen LogP contribution in [0.4, 0.5) is 5.69 Å². The molecule has 2 unspecified atom stereocenters. The molecule has 0 spiro atoms. The fourth-order valence-electron chi connectivity index (χ4n) is 2.59. The van der Waals surface area contributed by atoms with E-state index in [1.165, 1.54) is 18.2 Å². The van der Waals surface area contributed by atoms with Gasteiger partial charge in [0.2, 0.25) is 0 Å². The summed E-state index contributed by atoms with van der Waals surface area (Å²) < 4.78 is 10.1. The van der Waals surface area contributed by atoms with Crippen molar-refractivity contribution in [1.29, 1.82) is 0 Å². The molecule has 1 aromatic carbocycles. The second kappa shape index (κ2) is 6.82. The molecule has 8 heteroatoms. The van der Waals surface area contributed by atoms with Crippen molar-refractivity contribution in [2.45, 2.75) is 25.9 Å². The number of ether oxygens (including phenoxy) is 2. The number of allylic oxidation sites excluding steroid dienone is 1. The van der Waals surface area contributed by atoms with Crippen LogP contribution in [0.1, 0.15) is 25.3 Å². The zero-order chi connectivity index (χ0) is 17.0. The average molecular weight is 318 g/mol. The Bertz CT molecular complexity index is 710. The van der Waals surface area contributed by atoms with Crippen molar-refractivity contribution >= 4 is 24.3 Å². The Morgan fingerprint density at radius 3 is 2.61 bits per heavy atom. The summed E-state index contributed by atoms with van der Waals surface area (Å²) in [6.45, 7) is 3.83. The highest BCUT2D eigenvalue weighted by molar-refractivity contribution is 5.90. The first kappa shape index (κ1) is 16.3. The Balaban J connectivity index is 2.58. The lowest BCUT2D eigenvalue weighted by atomic mass is 9.86. The number of non-ortho nitro benzene ring substituents is 1. The summed E-state index contributed by atoms with van der Waals surface area (Å²) in [5.74, 6) is -0.499. The number of carbonyl (C=O) groups is 2. The van der Waals surface area contributed by atoms with Crippen molar-refractivity contribution in [3.05, 3.63) is 51.4 Å². The molecular formula is C15H14N2O6. The Hall–Kier alpha value is -3.03. The third-order valence-corrected chi connectivity index (χ3v) is 3.52. The molecule has 23 heavy (non-hydrogen) atoms. The van der Waals surface area contributed by atoms with E-state index in [1.54, 1.807) is 19.9 Å². The molecule has 0 aromatic heterocycles. The molecule has 120 valence electrons.